The predicted molar refractivity (Wildman–Crippen MR) is 94.8 cm³/mol. The van der Waals surface area contributed by atoms with Crippen molar-refractivity contribution in [3.05, 3.63) is 62.9 Å². The van der Waals surface area contributed by atoms with Crippen LogP contribution in [0.2, 0.25) is 5.02 Å². The van der Waals surface area contributed by atoms with Gasteiger partial charge in [-0.2, -0.15) is 0 Å². The Labute approximate surface area is 139 Å². The summed E-state index contributed by atoms with van der Waals surface area (Å²) in [6, 6.07) is 11.0. The summed E-state index contributed by atoms with van der Waals surface area (Å²) in [6.45, 7) is 3.84. The number of aromatic nitrogens is 2. The lowest BCUT2D eigenvalue weighted by atomic mass is 10.0. The van der Waals surface area contributed by atoms with E-state index >= 15 is 0 Å². The van der Waals surface area contributed by atoms with E-state index in [1.54, 1.807) is 13.1 Å². The summed E-state index contributed by atoms with van der Waals surface area (Å²) in [5.74, 6) is 0.541. The van der Waals surface area contributed by atoms with Crippen LogP contribution in [0.3, 0.4) is 0 Å². The number of hydrogen-bond acceptors (Lipinski definition) is 3. The topological polar surface area (TPSA) is 60.9 Å². The van der Waals surface area contributed by atoms with Gasteiger partial charge < -0.3 is 5.73 Å². The summed E-state index contributed by atoms with van der Waals surface area (Å²) < 4.78 is 1.54. The van der Waals surface area contributed by atoms with Crippen molar-refractivity contribution in [2.45, 2.75) is 19.9 Å². The second-order valence-electron chi connectivity index (χ2n) is 5.82. The first kappa shape index (κ1) is 15.7. The first-order valence-corrected chi connectivity index (χ1v) is 7.79. The van der Waals surface area contributed by atoms with Crippen LogP contribution in [0, 0.1) is 6.92 Å². The minimum atomic E-state index is -0.212. The number of nitrogens with two attached hydrogens (primary N) is 1. The van der Waals surface area contributed by atoms with Crippen LogP contribution in [0.25, 0.3) is 22.3 Å². The predicted octanol–water partition coefficient (Wildman–Crippen LogP) is 3.58. The highest BCUT2D eigenvalue weighted by Crippen LogP contribution is 2.28. The second-order valence-corrected chi connectivity index (χ2v) is 6.23. The SMILES string of the molecule is Cc1cc(C(C)N)c2nc(-c3ccccc3Cl)n(C)c(=O)c2c1. The lowest BCUT2D eigenvalue weighted by molar-refractivity contribution is 0.814. The van der Waals surface area contributed by atoms with Gasteiger partial charge in [0.05, 0.1) is 15.9 Å². The maximum atomic E-state index is 12.8. The van der Waals surface area contributed by atoms with Gasteiger partial charge in [0.2, 0.25) is 0 Å². The molecule has 0 aliphatic rings. The highest BCUT2D eigenvalue weighted by Gasteiger charge is 2.16. The highest BCUT2D eigenvalue weighted by molar-refractivity contribution is 6.33. The van der Waals surface area contributed by atoms with Crippen LogP contribution >= 0.6 is 11.6 Å². The summed E-state index contributed by atoms with van der Waals surface area (Å²) in [7, 11) is 1.71. The van der Waals surface area contributed by atoms with Crippen molar-refractivity contribution in [2.75, 3.05) is 0 Å². The minimum Gasteiger partial charge on any atom is -0.324 e. The van der Waals surface area contributed by atoms with Crippen LogP contribution in [0.4, 0.5) is 0 Å². The Kier molecular flexibility index (Phi) is 3.96. The molecule has 0 saturated heterocycles. The normalized spacial score (nSPS) is 12.6. The summed E-state index contributed by atoms with van der Waals surface area (Å²) in [6.07, 6.45) is 0. The van der Waals surface area contributed by atoms with Gasteiger partial charge in [-0.15, -0.1) is 0 Å². The molecule has 0 amide bonds. The molecule has 0 bridgehead atoms. The zero-order chi connectivity index (χ0) is 16.7. The highest BCUT2D eigenvalue weighted by atomic mass is 35.5. The van der Waals surface area contributed by atoms with E-state index in [2.05, 4.69) is 0 Å². The molecule has 1 heterocycles. The van der Waals surface area contributed by atoms with Gasteiger partial charge in [0, 0.05) is 18.7 Å². The van der Waals surface area contributed by atoms with Crippen molar-refractivity contribution in [3.63, 3.8) is 0 Å². The molecule has 1 aromatic heterocycles. The first-order chi connectivity index (χ1) is 10.9. The average Bonchev–Trinajstić information content (AvgIpc) is 2.51. The van der Waals surface area contributed by atoms with Gasteiger partial charge in [-0.1, -0.05) is 29.8 Å². The Balaban J connectivity index is 2.45. The molecule has 1 unspecified atom stereocenters. The number of aryl methyl sites for hydroxylation is 1. The van der Waals surface area contributed by atoms with Crippen molar-refractivity contribution in [1.29, 1.82) is 0 Å². The van der Waals surface area contributed by atoms with Gasteiger partial charge in [0.1, 0.15) is 5.82 Å². The molecule has 3 aromatic rings. The van der Waals surface area contributed by atoms with Crippen LogP contribution in [-0.4, -0.2) is 9.55 Å². The molecule has 0 spiro atoms. The van der Waals surface area contributed by atoms with Gasteiger partial charge in [-0.05, 0) is 43.2 Å². The molecule has 2 N–H and O–H groups in total. The Morgan fingerprint density at radius 2 is 1.96 bits per heavy atom. The van der Waals surface area contributed by atoms with E-state index in [-0.39, 0.29) is 11.6 Å². The fourth-order valence-electron chi connectivity index (χ4n) is 2.78. The van der Waals surface area contributed by atoms with E-state index < -0.39 is 0 Å². The van der Waals surface area contributed by atoms with Crippen LogP contribution in [0.1, 0.15) is 24.1 Å². The molecule has 0 radical (unpaired) electrons. The van der Waals surface area contributed by atoms with Crippen molar-refractivity contribution in [3.8, 4) is 11.4 Å². The number of rotatable bonds is 2. The molecule has 1 atom stereocenters. The smallest absolute Gasteiger partial charge is 0.261 e. The third kappa shape index (κ3) is 2.64. The number of hydrogen-bond donors (Lipinski definition) is 1. The summed E-state index contributed by atoms with van der Waals surface area (Å²) in [5, 5.41) is 1.14. The van der Waals surface area contributed by atoms with Gasteiger partial charge in [-0.25, -0.2) is 4.98 Å². The maximum Gasteiger partial charge on any atom is 0.261 e. The fraction of sp³-hybridized carbons (Fsp3) is 0.222. The molecule has 5 heteroatoms. The quantitative estimate of drug-likeness (QED) is 0.782. The molecule has 3 rings (SSSR count). The molecule has 0 aliphatic heterocycles. The number of fused-ring (bicyclic) bond motifs is 1. The standard InChI is InChI=1S/C18H18ClN3O/c1-10-8-13(11(2)20)16-14(9-10)18(23)22(3)17(21-16)12-6-4-5-7-15(12)19/h4-9,11H,20H2,1-3H3. The first-order valence-electron chi connectivity index (χ1n) is 7.42. The molecule has 23 heavy (non-hydrogen) atoms. The Bertz CT molecular complexity index is 960. The average molecular weight is 328 g/mol. The van der Waals surface area contributed by atoms with Gasteiger partial charge >= 0.3 is 0 Å². The fourth-order valence-corrected chi connectivity index (χ4v) is 3.00. The van der Waals surface area contributed by atoms with Crippen LogP contribution in [0.15, 0.2) is 41.2 Å². The third-order valence-electron chi connectivity index (χ3n) is 3.96. The van der Waals surface area contributed by atoms with E-state index in [9.17, 15) is 4.79 Å². The molecular weight excluding hydrogens is 310 g/mol. The lowest BCUT2D eigenvalue weighted by Gasteiger charge is -2.15. The molecule has 118 valence electrons. The van der Waals surface area contributed by atoms with E-state index in [0.29, 0.717) is 21.7 Å². The van der Waals surface area contributed by atoms with E-state index in [4.69, 9.17) is 22.3 Å². The molecular formula is C18H18ClN3O. The van der Waals surface area contributed by atoms with Crippen molar-refractivity contribution >= 4 is 22.5 Å². The van der Waals surface area contributed by atoms with Gasteiger partial charge in [0.25, 0.3) is 5.56 Å². The van der Waals surface area contributed by atoms with Crippen molar-refractivity contribution in [2.24, 2.45) is 12.8 Å². The van der Waals surface area contributed by atoms with E-state index in [1.165, 1.54) is 4.57 Å². The van der Waals surface area contributed by atoms with Crippen molar-refractivity contribution < 1.29 is 0 Å². The zero-order valence-corrected chi connectivity index (χ0v) is 14.1. The molecule has 4 nitrogen and oxygen atoms in total. The number of halogens is 1. The molecule has 0 aliphatic carbocycles. The van der Waals surface area contributed by atoms with Gasteiger partial charge in [-0.3, -0.25) is 9.36 Å². The second kappa shape index (κ2) is 5.80. The largest absolute Gasteiger partial charge is 0.324 e. The van der Waals surface area contributed by atoms with Crippen LogP contribution < -0.4 is 11.3 Å². The summed E-state index contributed by atoms with van der Waals surface area (Å²) in [4.78, 5) is 17.5. The zero-order valence-electron chi connectivity index (χ0n) is 13.3. The van der Waals surface area contributed by atoms with Crippen LogP contribution in [-0.2, 0) is 7.05 Å². The maximum absolute atomic E-state index is 12.8. The van der Waals surface area contributed by atoms with E-state index in [0.717, 1.165) is 16.7 Å². The van der Waals surface area contributed by atoms with E-state index in [1.807, 2.05) is 44.2 Å². The summed E-state index contributed by atoms with van der Waals surface area (Å²) in [5.41, 5.74) is 9.21. The third-order valence-corrected chi connectivity index (χ3v) is 4.29. The summed E-state index contributed by atoms with van der Waals surface area (Å²) >= 11 is 6.28. The molecule has 2 aromatic carbocycles. The minimum absolute atomic E-state index is 0.101. The lowest BCUT2D eigenvalue weighted by Crippen LogP contribution is -2.22. The van der Waals surface area contributed by atoms with Crippen molar-refractivity contribution in [1.82, 2.24) is 9.55 Å². The van der Waals surface area contributed by atoms with Gasteiger partial charge in [0.15, 0.2) is 0 Å². The Morgan fingerprint density at radius 1 is 1.26 bits per heavy atom. The Morgan fingerprint density at radius 3 is 2.61 bits per heavy atom. The number of nitrogens with zero attached hydrogens (tertiary/aromatic N) is 2. The molecule has 0 saturated carbocycles. The van der Waals surface area contributed by atoms with Crippen LogP contribution in [0.5, 0.6) is 0 Å². The number of benzene rings is 2. The Hall–Kier alpha value is -2.17. The monoisotopic (exact) mass is 327 g/mol. The molecule has 0 fully saturated rings.